The van der Waals surface area contributed by atoms with Crippen molar-refractivity contribution in [3.63, 3.8) is 0 Å². The number of thioether (sulfide) groups is 1. The second-order valence-corrected chi connectivity index (χ2v) is 5.70. The standard InChI is InChI=1S/C13H16F2N2S/c1-3-13(2)6-7-18-12(17-13)16-11-8-9(14)4-5-10(11)15/h4-5,8H,3,6-7H2,1-2H3,(H,16,17). The fourth-order valence-electron chi connectivity index (χ4n) is 1.73. The van der Waals surface area contributed by atoms with Crippen LogP contribution in [0, 0.1) is 11.6 Å². The number of anilines is 1. The van der Waals surface area contributed by atoms with Crippen molar-refractivity contribution in [1.29, 1.82) is 0 Å². The highest BCUT2D eigenvalue weighted by atomic mass is 32.2. The van der Waals surface area contributed by atoms with Gasteiger partial charge >= 0.3 is 0 Å². The van der Waals surface area contributed by atoms with Crippen LogP contribution in [-0.2, 0) is 0 Å². The van der Waals surface area contributed by atoms with Gasteiger partial charge in [-0.05, 0) is 31.9 Å². The molecule has 0 radical (unpaired) electrons. The van der Waals surface area contributed by atoms with Crippen LogP contribution in [0.4, 0.5) is 14.5 Å². The van der Waals surface area contributed by atoms with E-state index >= 15 is 0 Å². The highest BCUT2D eigenvalue weighted by molar-refractivity contribution is 8.14. The van der Waals surface area contributed by atoms with Crippen molar-refractivity contribution in [2.75, 3.05) is 11.1 Å². The third-order valence-electron chi connectivity index (χ3n) is 3.18. The molecule has 5 heteroatoms. The molecule has 0 aliphatic carbocycles. The molecule has 1 aromatic carbocycles. The molecule has 0 saturated heterocycles. The Labute approximate surface area is 110 Å². The molecule has 2 rings (SSSR count). The van der Waals surface area contributed by atoms with Gasteiger partial charge in [0.05, 0.1) is 11.2 Å². The Balaban J connectivity index is 2.21. The lowest BCUT2D eigenvalue weighted by Crippen LogP contribution is -2.29. The fourth-order valence-corrected chi connectivity index (χ4v) is 2.93. The van der Waals surface area contributed by atoms with Crippen LogP contribution >= 0.6 is 11.8 Å². The van der Waals surface area contributed by atoms with Crippen molar-refractivity contribution >= 4 is 22.6 Å². The van der Waals surface area contributed by atoms with E-state index in [-0.39, 0.29) is 11.2 Å². The number of amidine groups is 1. The summed E-state index contributed by atoms with van der Waals surface area (Å²) in [5.74, 6) is 0.00894. The summed E-state index contributed by atoms with van der Waals surface area (Å²) < 4.78 is 26.6. The average Bonchev–Trinajstić information content (AvgIpc) is 2.34. The number of nitrogens with zero attached hydrogens (tertiary/aromatic N) is 1. The number of aliphatic imine (C=N–C) groups is 1. The maximum atomic E-state index is 13.5. The Kier molecular flexibility index (Phi) is 3.90. The van der Waals surface area contributed by atoms with Gasteiger partial charge in [0, 0.05) is 11.8 Å². The molecule has 0 bridgehead atoms. The van der Waals surface area contributed by atoms with Crippen molar-refractivity contribution in [2.24, 2.45) is 4.99 Å². The van der Waals surface area contributed by atoms with Crippen LogP contribution < -0.4 is 5.32 Å². The van der Waals surface area contributed by atoms with Gasteiger partial charge in [-0.25, -0.2) is 8.78 Å². The van der Waals surface area contributed by atoms with E-state index < -0.39 is 11.6 Å². The van der Waals surface area contributed by atoms with E-state index in [1.54, 1.807) is 11.8 Å². The number of hydrogen-bond donors (Lipinski definition) is 1. The zero-order valence-corrected chi connectivity index (χ0v) is 11.3. The molecule has 1 unspecified atom stereocenters. The predicted molar refractivity (Wildman–Crippen MR) is 73.2 cm³/mol. The number of hydrogen-bond acceptors (Lipinski definition) is 3. The molecule has 0 amide bonds. The molecule has 0 saturated carbocycles. The molecular weight excluding hydrogens is 254 g/mol. The fraction of sp³-hybridized carbons (Fsp3) is 0.462. The Bertz CT molecular complexity index is 476. The van der Waals surface area contributed by atoms with Crippen molar-refractivity contribution in [1.82, 2.24) is 0 Å². The number of halogens is 2. The summed E-state index contributed by atoms with van der Waals surface area (Å²) in [6.45, 7) is 4.16. The van der Waals surface area contributed by atoms with E-state index in [4.69, 9.17) is 0 Å². The lowest BCUT2D eigenvalue weighted by molar-refractivity contribution is 0.443. The van der Waals surface area contributed by atoms with Crippen LogP contribution in [0.25, 0.3) is 0 Å². The van der Waals surface area contributed by atoms with Crippen LogP contribution in [-0.4, -0.2) is 16.5 Å². The Morgan fingerprint density at radius 3 is 2.94 bits per heavy atom. The third-order valence-corrected chi connectivity index (χ3v) is 4.06. The second-order valence-electron chi connectivity index (χ2n) is 4.62. The summed E-state index contributed by atoms with van der Waals surface area (Å²) >= 11 is 1.54. The number of benzene rings is 1. The maximum absolute atomic E-state index is 13.5. The smallest absolute Gasteiger partial charge is 0.161 e. The van der Waals surface area contributed by atoms with E-state index in [1.165, 1.54) is 0 Å². The van der Waals surface area contributed by atoms with Crippen molar-refractivity contribution in [2.45, 2.75) is 32.2 Å². The SMILES string of the molecule is CCC1(C)CCSC(Nc2cc(F)ccc2F)=N1. The first kappa shape index (κ1) is 13.3. The topological polar surface area (TPSA) is 24.4 Å². The van der Waals surface area contributed by atoms with Crippen LogP contribution in [0.1, 0.15) is 26.7 Å². The van der Waals surface area contributed by atoms with Gasteiger partial charge in [0.25, 0.3) is 0 Å². The monoisotopic (exact) mass is 270 g/mol. The normalized spacial score (nSPS) is 23.7. The summed E-state index contributed by atoms with van der Waals surface area (Å²) in [6, 6.07) is 3.37. The van der Waals surface area contributed by atoms with E-state index in [1.807, 2.05) is 0 Å². The zero-order chi connectivity index (χ0) is 13.2. The van der Waals surface area contributed by atoms with E-state index in [2.05, 4.69) is 24.2 Å². The Morgan fingerprint density at radius 2 is 2.22 bits per heavy atom. The molecular formula is C13H16F2N2S. The van der Waals surface area contributed by atoms with E-state index in [0.29, 0.717) is 5.17 Å². The Morgan fingerprint density at radius 1 is 1.44 bits per heavy atom. The second kappa shape index (κ2) is 5.26. The van der Waals surface area contributed by atoms with E-state index in [9.17, 15) is 8.78 Å². The lowest BCUT2D eigenvalue weighted by Gasteiger charge is -2.29. The molecule has 18 heavy (non-hydrogen) atoms. The van der Waals surface area contributed by atoms with Gasteiger partial charge in [-0.3, -0.25) is 4.99 Å². The van der Waals surface area contributed by atoms with Gasteiger partial charge in [-0.15, -0.1) is 0 Å². The molecule has 0 fully saturated rings. The molecule has 1 aliphatic rings. The molecule has 0 aromatic heterocycles. The van der Waals surface area contributed by atoms with Gasteiger partial charge in [0.15, 0.2) is 5.17 Å². The van der Waals surface area contributed by atoms with Gasteiger partial charge in [-0.1, -0.05) is 18.7 Å². The minimum Gasteiger partial charge on any atom is -0.332 e. The summed E-state index contributed by atoms with van der Waals surface area (Å²) in [5, 5.41) is 3.54. The highest BCUT2D eigenvalue weighted by Gasteiger charge is 2.26. The van der Waals surface area contributed by atoms with Crippen LogP contribution in [0.15, 0.2) is 23.2 Å². The van der Waals surface area contributed by atoms with Crippen LogP contribution in [0.3, 0.4) is 0 Å². The van der Waals surface area contributed by atoms with Crippen molar-refractivity contribution in [3.05, 3.63) is 29.8 Å². The molecule has 98 valence electrons. The molecule has 1 aromatic rings. The summed E-state index contributed by atoms with van der Waals surface area (Å²) in [5.41, 5.74) is 0.0406. The van der Waals surface area contributed by atoms with Gasteiger partial charge in [-0.2, -0.15) is 0 Å². The molecule has 1 heterocycles. The minimum atomic E-state index is -0.469. The maximum Gasteiger partial charge on any atom is 0.161 e. The average molecular weight is 270 g/mol. The molecule has 1 aliphatic heterocycles. The van der Waals surface area contributed by atoms with Gasteiger partial charge in [0.2, 0.25) is 0 Å². The summed E-state index contributed by atoms with van der Waals surface area (Å²) in [7, 11) is 0. The van der Waals surface area contributed by atoms with Gasteiger partial charge < -0.3 is 5.32 Å². The predicted octanol–water partition coefficient (Wildman–Crippen LogP) is 4.04. The molecule has 0 spiro atoms. The van der Waals surface area contributed by atoms with E-state index in [0.717, 1.165) is 36.8 Å². The van der Waals surface area contributed by atoms with Crippen molar-refractivity contribution in [3.8, 4) is 0 Å². The summed E-state index contributed by atoms with van der Waals surface area (Å²) in [6.07, 6.45) is 1.94. The van der Waals surface area contributed by atoms with Gasteiger partial charge in [0.1, 0.15) is 11.6 Å². The lowest BCUT2D eigenvalue weighted by atomic mass is 9.97. The van der Waals surface area contributed by atoms with Crippen LogP contribution in [0.2, 0.25) is 0 Å². The first-order valence-corrected chi connectivity index (χ1v) is 6.96. The first-order valence-electron chi connectivity index (χ1n) is 5.97. The molecule has 2 nitrogen and oxygen atoms in total. The number of nitrogens with one attached hydrogen (secondary N) is 1. The molecule has 1 N–H and O–H groups in total. The van der Waals surface area contributed by atoms with Crippen LogP contribution in [0.5, 0.6) is 0 Å². The highest BCUT2D eigenvalue weighted by Crippen LogP contribution is 2.30. The Hall–Kier alpha value is -1.10. The quantitative estimate of drug-likeness (QED) is 0.877. The number of rotatable bonds is 2. The first-order chi connectivity index (χ1) is 8.52. The minimum absolute atomic E-state index is 0.0998. The third kappa shape index (κ3) is 3.02. The largest absolute Gasteiger partial charge is 0.332 e. The zero-order valence-electron chi connectivity index (χ0n) is 10.5. The van der Waals surface area contributed by atoms with Crippen molar-refractivity contribution < 1.29 is 8.78 Å². The molecule has 1 atom stereocenters. The summed E-state index contributed by atoms with van der Waals surface area (Å²) in [4.78, 5) is 4.58.